The van der Waals surface area contributed by atoms with Gasteiger partial charge in [-0.25, -0.2) is 16.8 Å². The summed E-state index contributed by atoms with van der Waals surface area (Å²) in [6.07, 6.45) is 9.36. The zero-order valence-corrected chi connectivity index (χ0v) is 22.4. The molecule has 2 saturated carbocycles. The molecule has 2 aliphatic carbocycles. The predicted molar refractivity (Wildman–Crippen MR) is 149 cm³/mol. The van der Waals surface area contributed by atoms with Crippen molar-refractivity contribution in [1.29, 1.82) is 0 Å². The van der Waals surface area contributed by atoms with Crippen LogP contribution in [-0.4, -0.2) is 27.3 Å². The highest BCUT2D eigenvalue weighted by Crippen LogP contribution is 2.27. The maximum atomic E-state index is 12.2. The number of rotatable bonds is 6. The third-order valence-electron chi connectivity index (χ3n) is 6.83. The van der Waals surface area contributed by atoms with Crippen LogP contribution in [0.3, 0.4) is 0 Å². The van der Waals surface area contributed by atoms with E-state index in [-0.39, 0.29) is 10.5 Å². The number of nitrogens with two attached hydrogens (primary N) is 2. The van der Waals surface area contributed by atoms with Gasteiger partial charge in [0.2, 0.25) is 0 Å². The normalized spacial score (nSPS) is 18.8. The van der Waals surface area contributed by atoms with Gasteiger partial charge in [-0.3, -0.25) is 0 Å². The van der Waals surface area contributed by atoms with Crippen LogP contribution < -0.4 is 11.5 Å². The van der Waals surface area contributed by atoms with Crippen molar-refractivity contribution >= 4 is 31.1 Å². The summed E-state index contributed by atoms with van der Waals surface area (Å²) in [6, 6.07) is 18.5. The van der Waals surface area contributed by atoms with E-state index in [1.165, 1.54) is 10.8 Å². The highest BCUT2D eigenvalue weighted by Gasteiger charge is 2.26. The molecule has 0 aromatic heterocycles. The molecule has 0 aliphatic heterocycles. The van der Waals surface area contributed by atoms with Gasteiger partial charge in [0, 0.05) is 0 Å². The van der Waals surface area contributed by atoms with Gasteiger partial charge in [-0.1, -0.05) is 99.2 Å². The molecular weight excluding hydrogens is 492 g/mol. The molecule has 2 aromatic carbocycles. The number of benzene rings is 2. The molecular formula is C28H38N2O4S2. The van der Waals surface area contributed by atoms with Crippen LogP contribution in [0.4, 0.5) is 0 Å². The summed E-state index contributed by atoms with van der Waals surface area (Å²) in [4.78, 5) is 0. The third-order valence-corrected chi connectivity index (χ3v) is 10.8. The lowest BCUT2D eigenvalue weighted by Crippen LogP contribution is -2.22. The minimum Gasteiger partial charge on any atom is -0.398 e. The van der Waals surface area contributed by atoms with Crippen molar-refractivity contribution in [3.8, 4) is 0 Å². The average Bonchev–Trinajstić information content (AvgIpc) is 2.90. The van der Waals surface area contributed by atoms with Gasteiger partial charge in [-0.15, -0.1) is 0 Å². The maximum Gasteiger partial charge on any atom is 0.176 e. The van der Waals surface area contributed by atoms with Gasteiger partial charge < -0.3 is 11.5 Å². The molecule has 4 N–H and O–H groups in total. The fourth-order valence-corrected chi connectivity index (χ4v) is 8.08. The first-order valence-corrected chi connectivity index (χ1v) is 15.9. The third kappa shape index (κ3) is 8.23. The van der Waals surface area contributed by atoms with E-state index in [1.807, 2.05) is 60.7 Å². The minimum atomic E-state index is -3.22. The fourth-order valence-electron chi connectivity index (χ4n) is 4.73. The van der Waals surface area contributed by atoms with Gasteiger partial charge in [0.1, 0.15) is 0 Å². The quantitative estimate of drug-likeness (QED) is 0.517. The Balaban J connectivity index is 0.000000201. The first-order chi connectivity index (χ1) is 17.2. The van der Waals surface area contributed by atoms with E-state index < -0.39 is 19.7 Å². The molecule has 0 atom stereocenters. The fraction of sp³-hybridized carbons (Fsp3) is 0.429. The van der Waals surface area contributed by atoms with Crippen LogP contribution in [0.2, 0.25) is 0 Å². The standard InChI is InChI=1S/2C14H19NO2S/c2*15-14(12-7-3-1-4-8-12)11-18(16,17)13-9-5-2-6-10-13/h2*1,3-4,7-8,11,13H,2,5-6,9-10,15H2/b2*14-11-. The molecule has 0 unspecified atom stereocenters. The van der Waals surface area contributed by atoms with Crippen molar-refractivity contribution < 1.29 is 16.8 Å². The Morgan fingerprint density at radius 2 is 0.861 bits per heavy atom. The van der Waals surface area contributed by atoms with Crippen LogP contribution in [0.15, 0.2) is 71.5 Å². The van der Waals surface area contributed by atoms with Crippen molar-refractivity contribution in [2.24, 2.45) is 11.5 Å². The number of sulfone groups is 2. The Labute approximate surface area is 216 Å². The summed E-state index contributed by atoms with van der Waals surface area (Å²) in [5.41, 5.74) is 13.9. The molecule has 2 aliphatic rings. The van der Waals surface area contributed by atoms with E-state index in [1.54, 1.807) is 0 Å². The number of hydrogen-bond donors (Lipinski definition) is 2. The molecule has 2 aromatic rings. The zero-order chi connectivity index (χ0) is 26.0. The van der Waals surface area contributed by atoms with E-state index in [0.29, 0.717) is 11.4 Å². The summed E-state index contributed by atoms with van der Waals surface area (Å²) in [5, 5.41) is 2.01. The Morgan fingerprint density at radius 1 is 0.556 bits per heavy atom. The van der Waals surface area contributed by atoms with Crippen molar-refractivity contribution in [2.45, 2.75) is 74.7 Å². The summed E-state index contributed by atoms with van der Waals surface area (Å²) in [6.45, 7) is 0. The van der Waals surface area contributed by atoms with Crippen LogP contribution >= 0.6 is 0 Å². The lowest BCUT2D eigenvalue weighted by Gasteiger charge is -2.20. The van der Waals surface area contributed by atoms with E-state index in [9.17, 15) is 16.8 Å². The van der Waals surface area contributed by atoms with E-state index >= 15 is 0 Å². The van der Waals surface area contributed by atoms with Crippen molar-refractivity contribution in [2.75, 3.05) is 0 Å². The summed E-state index contributed by atoms with van der Waals surface area (Å²) < 4.78 is 48.9. The average molecular weight is 531 g/mol. The van der Waals surface area contributed by atoms with Crippen LogP contribution in [0.5, 0.6) is 0 Å². The second-order valence-corrected chi connectivity index (χ2v) is 13.7. The van der Waals surface area contributed by atoms with E-state index in [4.69, 9.17) is 11.5 Å². The van der Waals surface area contributed by atoms with Gasteiger partial charge in [0.05, 0.1) is 32.7 Å². The second-order valence-electron chi connectivity index (χ2n) is 9.58. The SMILES string of the molecule is N/C(=C\S(=O)(=O)C1CCCCC1)c1ccccc1.N/C(=C\S(=O)(=O)C1CCCCC1)c1ccccc1. The molecule has 0 radical (unpaired) electrons. The van der Waals surface area contributed by atoms with Crippen LogP contribution in [-0.2, 0) is 19.7 Å². The lowest BCUT2D eigenvalue weighted by atomic mass is 10.0. The van der Waals surface area contributed by atoms with Gasteiger partial charge in [0.25, 0.3) is 0 Å². The monoisotopic (exact) mass is 530 g/mol. The van der Waals surface area contributed by atoms with Crippen LogP contribution in [0.1, 0.15) is 75.3 Å². The van der Waals surface area contributed by atoms with Crippen LogP contribution in [0.25, 0.3) is 11.4 Å². The Hall–Kier alpha value is -2.58. The lowest BCUT2D eigenvalue weighted by molar-refractivity contribution is 0.487. The predicted octanol–water partition coefficient (Wildman–Crippen LogP) is 5.38. The first kappa shape index (κ1) is 28.0. The molecule has 6 nitrogen and oxygen atoms in total. The Morgan fingerprint density at radius 3 is 1.17 bits per heavy atom. The summed E-state index contributed by atoms with van der Waals surface area (Å²) >= 11 is 0. The molecule has 2 fully saturated rings. The first-order valence-electron chi connectivity index (χ1n) is 12.7. The Kier molecular flexibility index (Phi) is 10.2. The summed E-state index contributed by atoms with van der Waals surface area (Å²) in [5.74, 6) is 0. The van der Waals surface area contributed by atoms with Gasteiger partial charge in [-0.05, 0) is 36.8 Å². The van der Waals surface area contributed by atoms with Crippen molar-refractivity contribution in [1.82, 2.24) is 0 Å². The van der Waals surface area contributed by atoms with Crippen molar-refractivity contribution in [3.05, 3.63) is 82.6 Å². The smallest absolute Gasteiger partial charge is 0.176 e. The zero-order valence-electron chi connectivity index (χ0n) is 20.8. The second kappa shape index (κ2) is 13.1. The van der Waals surface area contributed by atoms with Gasteiger partial charge >= 0.3 is 0 Å². The summed E-state index contributed by atoms with van der Waals surface area (Å²) in [7, 11) is -6.44. The maximum absolute atomic E-state index is 12.2. The topological polar surface area (TPSA) is 120 Å². The molecule has 0 spiro atoms. The molecule has 0 amide bonds. The highest BCUT2D eigenvalue weighted by molar-refractivity contribution is 7.95. The molecule has 36 heavy (non-hydrogen) atoms. The molecule has 0 heterocycles. The van der Waals surface area contributed by atoms with Crippen molar-refractivity contribution in [3.63, 3.8) is 0 Å². The minimum absolute atomic E-state index is 0.242. The largest absolute Gasteiger partial charge is 0.398 e. The molecule has 4 rings (SSSR count). The molecule has 8 heteroatoms. The highest BCUT2D eigenvalue weighted by atomic mass is 32.2. The van der Waals surface area contributed by atoms with Crippen LogP contribution in [0, 0.1) is 0 Å². The van der Waals surface area contributed by atoms with Gasteiger partial charge in [0.15, 0.2) is 19.7 Å². The van der Waals surface area contributed by atoms with E-state index in [0.717, 1.165) is 75.3 Å². The molecule has 196 valence electrons. The van der Waals surface area contributed by atoms with Gasteiger partial charge in [-0.2, -0.15) is 0 Å². The Bertz CT molecular complexity index is 1130. The molecule has 0 saturated heterocycles. The molecule has 0 bridgehead atoms. The number of hydrogen-bond acceptors (Lipinski definition) is 6. The van der Waals surface area contributed by atoms with E-state index in [2.05, 4.69) is 0 Å².